The van der Waals surface area contributed by atoms with Gasteiger partial charge in [-0.15, -0.1) is 13.2 Å². The van der Waals surface area contributed by atoms with Gasteiger partial charge in [0.1, 0.15) is 28.8 Å². The van der Waals surface area contributed by atoms with Crippen LogP contribution in [-0.4, -0.2) is 40.4 Å². The number of benzene rings is 3. The molecule has 4 rings (SSSR count). The van der Waals surface area contributed by atoms with Gasteiger partial charge in [0.2, 0.25) is 0 Å². The van der Waals surface area contributed by atoms with Crippen molar-refractivity contribution in [1.29, 1.82) is 0 Å². The monoisotopic (exact) mass is 542 g/mol. The molecule has 0 amide bonds. The zero-order valence-corrected chi connectivity index (χ0v) is 21.2. The van der Waals surface area contributed by atoms with Crippen LogP contribution >= 0.6 is 0 Å². The van der Waals surface area contributed by atoms with E-state index < -0.39 is 18.1 Å². The van der Waals surface area contributed by atoms with Gasteiger partial charge in [-0.1, -0.05) is 0 Å². The van der Waals surface area contributed by atoms with Crippen molar-refractivity contribution in [1.82, 2.24) is 4.57 Å². The second-order valence-corrected chi connectivity index (χ2v) is 8.88. The highest BCUT2D eigenvalue weighted by atomic mass is 19.4. The van der Waals surface area contributed by atoms with Crippen LogP contribution in [0.1, 0.15) is 31.3 Å². The largest absolute Gasteiger partial charge is 0.573 e. The summed E-state index contributed by atoms with van der Waals surface area (Å²) in [6.07, 6.45) is -4.85. The number of aromatic carboxylic acids is 1. The van der Waals surface area contributed by atoms with E-state index in [0.29, 0.717) is 28.1 Å². The van der Waals surface area contributed by atoms with Crippen molar-refractivity contribution in [2.75, 3.05) is 11.9 Å². The summed E-state index contributed by atoms with van der Waals surface area (Å²) in [4.78, 5) is 24.2. The van der Waals surface area contributed by atoms with Crippen molar-refractivity contribution in [2.24, 2.45) is 0 Å². The van der Waals surface area contributed by atoms with Gasteiger partial charge in [-0.3, -0.25) is 4.79 Å². The molecule has 0 saturated heterocycles. The highest BCUT2D eigenvalue weighted by Crippen LogP contribution is 2.38. The summed E-state index contributed by atoms with van der Waals surface area (Å²) in [5.41, 5.74) is 1.21. The molecule has 0 fully saturated rings. The number of alkyl halides is 3. The van der Waals surface area contributed by atoms with E-state index in [0.717, 1.165) is 12.1 Å². The minimum absolute atomic E-state index is 0.0352. The lowest BCUT2D eigenvalue weighted by Crippen LogP contribution is -2.16. The molecule has 0 aliphatic heterocycles. The molecule has 0 saturated carbocycles. The summed E-state index contributed by atoms with van der Waals surface area (Å²) in [6, 6.07) is 16.7. The van der Waals surface area contributed by atoms with E-state index in [1.54, 1.807) is 47.0 Å². The van der Waals surface area contributed by atoms with Gasteiger partial charge < -0.3 is 29.2 Å². The first-order chi connectivity index (χ1) is 18.4. The molecule has 204 valence electrons. The number of carboxylic acids is 1. The second-order valence-electron chi connectivity index (χ2n) is 8.88. The minimum Gasteiger partial charge on any atom is -0.491 e. The molecule has 0 unspecified atom stereocenters. The number of nitrogens with zero attached hydrogens (tertiary/aromatic N) is 1. The first-order valence-corrected chi connectivity index (χ1v) is 11.9. The predicted molar refractivity (Wildman–Crippen MR) is 138 cm³/mol. The van der Waals surface area contributed by atoms with E-state index in [9.17, 15) is 27.9 Å². The molecular weight excluding hydrogens is 517 g/mol. The van der Waals surface area contributed by atoms with Crippen LogP contribution in [0.5, 0.6) is 23.0 Å². The van der Waals surface area contributed by atoms with Crippen LogP contribution in [0.25, 0.3) is 16.6 Å². The molecule has 0 aliphatic carbocycles. The zero-order valence-electron chi connectivity index (χ0n) is 21.2. The minimum atomic E-state index is -4.81. The number of fused-ring (bicyclic) bond motifs is 1. The number of halogens is 3. The lowest BCUT2D eigenvalue weighted by Gasteiger charge is -2.13. The average molecular weight is 543 g/mol. The van der Waals surface area contributed by atoms with E-state index in [-0.39, 0.29) is 35.6 Å². The fraction of sp³-hybridized carbons (Fsp3) is 0.214. The Balaban J connectivity index is 1.77. The van der Waals surface area contributed by atoms with Gasteiger partial charge in [-0.05, 0) is 87.5 Å². The van der Waals surface area contributed by atoms with Crippen LogP contribution in [-0.2, 0) is 4.79 Å². The molecule has 11 heteroatoms. The molecule has 2 N–H and O–H groups in total. The van der Waals surface area contributed by atoms with Gasteiger partial charge >= 0.3 is 12.3 Å². The van der Waals surface area contributed by atoms with Gasteiger partial charge in [0, 0.05) is 11.1 Å². The smallest absolute Gasteiger partial charge is 0.491 e. The van der Waals surface area contributed by atoms with Crippen molar-refractivity contribution in [2.45, 2.75) is 33.2 Å². The molecule has 8 nitrogen and oxygen atoms in total. The molecule has 4 aromatic rings. The van der Waals surface area contributed by atoms with E-state index >= 15 is 0 Å². The van der Waals surface area contributed by atoms with Gasteiger partial charge in [0.15, 0.2) is 5.69 Å². The Labute approximate surface area is 221 Å². The highest BCUT2D eigenvalue weighted by molar-refractivity contribution is 6.08. The molecule has 39 heavy (non-hydrogen) atoms. The maximum absolute atomic E-state index is 12.5. The zero-order chi connectivity index (χ0) is 28.3. The number of ether oxygens (including phenoxy) is 3. The van der Waals surface area contributed by atoms with Crippen molar-refractivity contribution < 1.29 is 42.1 Å². The fourth-order valence-corrected chi connectivity index (χ4v) is 3.99. The van der Waals surface area contributed by atoms with Gasteiger partial charge in [-0.25, -0.2) is 4.79 Å². The molecule has 3 aromatic carbocycles. The van der Waals surface area contributed by atoms with Crippen LogP contribution < -0.4 is 19.5 Å². The quantitative estimate of drug-likeness (QED) is 0.227. The van der Waals surface area contributed by atoms with E-state index in [2.05, 4.69) is 10.1 Å². The van der Waals surface area contributed by atoms with Crippen molar-refractivity contribution >= 4 is 28.3 Å². The number of ketones is 1. The fourth-order valence-electron chi connectivity index (χ4n) is 3.99. The maximum Gasteiger partial charge on any atom is 0.573 e. The second kappa shape index (κ2) is 11.0. The average Bonchev–Trinajstić information content (AvgIpc) is 3.17. The maximum atomic E-state index is 12.5. The standard InChI is InChI=1S/C28H25F3N2O6/c1-16(2)37-19-6-4-18(5-7-19)33-24-13-12-22(38-20-8-10-21(11-9-20)39-28(29,30)31)14-23(24)25(26(33)27(35)36)32-15-17(3)34/h4-14,16,32H,15H2,1-3H3,(H,35,36). The Kier molecular flexibility index (Phi) is 7.70. The van der Waals surface area contributed by atoms with E-state index in [1.165, 1.54) is 19.1 Å². The molecule has 1 heterocycles. The van der Waals surface area contributed by atoms with E-state index in [4.69, 9.17) is 9.47 Å². The summed E-state index contributed by atoms with van der Waals surface area (Å²) in [7, 11) is 0. The van der Waals surface area contributed by atoms with Crippen LogP contribution in [0.4, 0.5) is 18.9 Å². The predicted octanol–water partition coefficient (Wildman–Crippen LogP) is 6.81. The van der Waals surface area contributed by atoms with Crippen LogP contribution in [0, 0.1) is 0 Å². The third-order valence-corrected chi connectivity index (χ3v) is 5.42. The Bertz CT molecular complexity index is 1490. The summed E-state index contributed by atoms with van der Waals surface area (Å²) in [5.74, 6) is -0.653. The van der Waals surface area contributed by atoms with E-state index in [1.807, 2.05) is 13.8 Å². The number of hydrogen-bond acceptors (Lipinski definition) is 6. The molecule has 0 bridgehead atoms. The van der Waals surface area contributed by atoms with Crippen LogP contribution in [0.15, 0.2) is 66.7 Å². The van der Waals surface area contributed by atoms with Crippen molar-refractivity contribution in [3.8, 4) is 28.7 Å². The highest BCUT2D eigenvalue weighted by Gasteiger charge is 2.31. The number of hydrogen-bond donors (Lipinski definition) is 2. The summed E-state index contributed by atoms with van der Waals surface area (Å²) in [6.45, 7) is 5.06. The SMILES string of the molecule is CC(=O)CNc1c(C(=O)O)n(-c2ccc(OC(C)C)cc2)c2ccc(Oc3ccc(OC(F)(F)F)cc3)cc12. The molecule has 0 aliphatic rings. The molecule has 0 atom stereocenters. The lowest BCUT2D eigenvalue weighted by atomic mass is 10.2. The van der Waals surface area contributed by atoms with Gasteiger partial charge in [-0.2, -0.15) is 0 Å². The summed E-state index contributed by atoms with van der Waals surface area (Å²) in [5, 5.41) is 13.6. The summed E-state index contributed by atoms with van der Waals surface area (Å²) < 4.78 is 54.2. The Morgan fingerprint density at radius 1 is 0.923 bits per heavy atom. The van der Waals surface area contributed by atoms with Crippen LogP contribution in [0.2, 0.25) is 0 Å². The van der Waals surface area contributed by atoms with Crippen molar-refractivity contribution in [3.63, 3.8) is 0 Å². The van der Waals surface area contributed by atoms with Gasteiger partial charge in [0.25, 0.3) is 0 Å². The third-order valence-electron chi connectivity index (χ3n) is 5.42. The Morgan fingerprint density at radius 2 is 1.51 bits per heavy atom. The molecule has 0 radical (unpaired) electrons. The first-order valence-electron chi connectivity index (χ1n) is 11.9. The number of carboxylic acid groups (broad SMARTS) is 1. The Morgan fingerprint density at radius 3 is 2.08 bits per heavy atom. The topological polar surface area (TPSA) is 99.0 Å². The number of Topliss-reactive ketones (excluding diaryl/α,β-unsaturated/α-hetero) is 1. The molecular formula is C28H25F3N2O6. The number of nitrogens with one attached hydrogen (secondary N) is 1. The first kappa shape index (κ1) is 27.4. The normalized spacial score (nSPS) is 11.5. The number of aromatic nitrogens is 1. The molecule has 0 spiro atoms. The number of anilines is 1. The van der Waals surface area contributed by atoms with Crippen LogP contribution in [0.3, 0.4) is 0 Å². The summed E-state index contributed by atoms with van der Waals surface area (Å²) >= 11 is 0. The number of rotatable bonds is 10. The number of carbonyl (C=O) groups is 2. The Hall–Kier alpha value is -4.67. The molecule has 1 aromatic heterocycles. The van der Waals surface area contributed by atoms with Crippen molar-refractivity contribution in [3.05, 3.63) is 72.4 Å². The lowest BCUT2D eigenvalue weighted by molar-refractivity contribution is -0.274. The number of carbonyl (C=O) groups excluding carboxylic acids is 1. The third kappa shape index (κ3) is 6.61. The van der Waals surface area contributed by atoms with Gasteiger partial charge in [0.05, 0.1) is 23.9 Å².